The number of aryl methyl sites for hydroxylation is 1. The second kappa shape index (κ2) is 3.36. The highest BCUT2D eigenvalue weighted by molar-refractivity contribution is 9.08. The third-order valence-corrected chi connectivity index (χ3v) is 3.50. The molecular weight excluding hydrogens is 228 g/mol. The van der Waals surface area contributed by atoms with Crippen LogP contribution in [0.25, 0.3) is 0 Å². The van der Waals surface area contributed by atoms with E-state index in [1.54, 1.807) is 0 Å². The van der Waals surface area contributed by atoms with Gasteiger partial charge in [0.05, 0.1) is 0 Å². The fraction of sp³-hybridized carbons (Fsp3) is 0.286. The Hall–Kier alpha value is -0.350. The van der Waals surface area contributed by atoms with E-state index in [1.807, 2.05) is 13.0 Å². The van der Waals surface area contributed by atoms with Crippen molar-refractivity contribution in [1.82, 2.24) is 0 Å². The summed E-state index contributed by atoms with van der Waals surface area (Å²) in [7, 11) is 0. The van der Waals surface area contributed by atoms with Crippen molar-refractivity contribution in [2.24, 2.45) is 0 Å². The summed E-state index contributed by atoms with van der Waals surface area (Å²) in [5.41, 5.74) is 0.844. The van der Waals surface area contributed by atoms with Gasteiger partial charge < -0.3 is 5.11 Å². The number of rotatable bonds is 2. The van der Waals surface area contributed by atoms with Crippen molar-refractivity contribution >= 4 is 33.2 Å². The SMILES string of the molecule is Cc1cc(CBr)sc1C(=O)O. The smallest absolute Gasteiger partial charge is 0.346 e. The fourth-order valence-corrected chi connectivity index (χ4v) is 2.19. The molecule has 0 saturated heterocycles. The third-order valence-electron chi connectivity index (χ3n) is 1.29. The standard InChI is InChI=1S/C7H7BrO2S/c1-4-2-5(3-8)11-6(4)7(9)10/h2H,3H2,1H3,(H,9,10). The van der Waals surface area contributed by atoms with E-state index in [-0.39, 0.29) is 0 Å². The molecule has 0 aliphatic heterocycles. The number of halogens is 1. The summed E-state index contributed by atoms with van der Waals surface area (Å²) >= 11 is 4.59. The maximum absolute atomic E-state index is 10.5. The van der Waals surface area contributed by atoms with Gasteiger partial charge in [-0.2, -0.15) is 0 Å². The van der Waals surface area contributed by atoms with Crippen LogP contribution in [-0.2, 0) is 5.33 Å². The van der Waals surface area contributed by atoms with E-state index in [2.05, 4.69) is 15.9 Å². The summed E-state index contributed by atoms with van der Waals surface area (Å²) in [6, 6.07) is 1.89. The molecule has 2 nitrogen and oxygen atoms in total. The lowest BCUT2D eigenvalue weighted by Crippen LogP contribution is -1.93. The number of aromatic carboxylic acids is 1. The first-order chi connectivity index (χ1) is 5.15. The summed E-state index contributed by atoms with van der Waals surface area (Å²) in [6.07, 6.45) is 0. The van der Waals surface area contributed by atoms with Crippen LogP contribution in [-0.4, -0.2) is 11.1 Å². The Labute approximate surface area is 77.0 Å². The number of carboxylic acid groups (broad SMARTS) is 1. The summed E-state index contributed by atoms with van der Waals surface area (Å²) in [5, 5.41) is 9.40. The van der Waals surface area contributed by atoms with Gasteiger partial charge in [0.1, 0.15) is 4.88 Å². The zero-order valence-electron chi connectivity index (χ0n) is 5.93. The minimum Gasteiger partial charge on any atom is -0.477 e. The monoisotopic (exact) mass is 234 g/mol. The van der Waals surface area contributed by atoms with Crippen molar-refractivity contribution in [3.8, 4) is 0 Å². The topological polar surface area (TPSA) is 37.3 Å². The zero-order chi connectivity index (χ0) is 8.43. The molecule has 1 N–H and O–H groups in total. The number of hydrogen-bond donors (Lipinski definition) is 1. The highest BCUT2D eigenvalue weighted by Crippen LogP contribution is 2.23. The largest absolute Gasteiger partial charge is 0.477 e. The summed E-state index contributed by atoms with van der Waals surface area (Å²) in [6.45, 7) is 1.81. The lowest BCUT2D eigenvalue weighted by atomic mass is 10.3. The Bertz CT molecular complexity index is 280. The third kappa shape index (κ3) is 1.81. The highest BCUT2D eigenvalue weighted by atomic mass is 79.9. The number of thiophene rings is 1. The molecule has 1 rings (SSSR count). The molecular formula is C7H7BrO2S. The predicted octanol–water partition coefficient (Wildman–Crippen LogP) is 2.65. The molecule has 1 aromatic heterocycles. The van der Waals surface area contributed by atoms with Gasteiger partial charge in [-0.15, -0.1) is 11.3 Å². The van der Waals surface area contributed by atoms with Gasteiger partial charge in [0, 0.05) is 10.2 Å². The van der Waals surface area contributed by atoms with Gasteiger partial charge in [-0.05, 0) is 18.6 Å². The Morgan fingerprint density at radius 2 is 2.45 bits per heavy atom. The first-order valence-corrected chi connectivity index (χ1v) is 4.97. The number of alkyl halides is 1. The molecule has 0 radical (unpaired) electrons. The summed E-state index contributed by atoms with van der Waals surface area (Å²) in [4.78, 5) is 12.0. The highest BCUT2D eigenvalue weighted by Gasteiger charge is 2.10. The van der Waals surface area contributed by atoms with Gasteiger partial charge in [-0.25, -0.2) is 4.79 Å². The first-order valence-electron chi connectivity index (χ1n) is 3.03. The van der Waals surface area contributed by atoms with E-state index in [9.17, 15) is 4.79 Å². The van der Waals surface area contributed by atoms with Crippen LogP contribution in [0.15, 0.2) is 6.07 Å². The maximum Gasteiger partial charge on any atom is 0.346 e. The van der Waals surface area contributed by atoms with E-state index < -0.39 is 5.97 Å². The van der Waals surface area contributed by atoms with Crippen molar-refractivity contribution in [3.05, 3.63) is 21.4 Å². The molecule has 1 heterocycles. The molecule has 0 spiro atoms. The summed E-state index contributed by atoms with van der Waals surface area (Å²) in [5.74, 6) is -0.834. The van der Waals surface area contributed by atoms with Crippen molar-refractivity contribution < 1.29 is 9.90 Å². The maximum atomic E-state index is 10.5. The molecule has 0 amide bonds. The molecule has 0 aliphatic carbocycles. The van der Waals surface area contributed by atoms with Gasteiger partial charge >= 0.3 is 5.97 Å². The van der Waals surface area contributed by atoms with Crippen LogP contribution >= 0.6 is 27.3 Å². The van der Waals surface area contributed by atoms with Gasteiger partial charge in [0.25, 0.3) is 0 Å². The van der Waals surface area contributed by atoms with Crippen molar-refractivity contribution in [3.63, 3.8) is 0 Å². The normalized spacial score (nSPS) is 10.0. The Kier molecular flexibility index (Phi) is 2.67. The molecule has 11 heavy (non-hydrogen) atoms. The van der Waals surface area contributed by atoms with Crippen LogP contribution < -0.4 is 0 Å². The molecule has 1 aromatic rings. The minimum atomic E-state index is -0.834. The number of carboxylic acids is 1. The van der Waals surface area contributed by atoms with Crippen LogP contribution in [0.3, 0.4) is 0 Å². The lowest BCUT2D eigenvalue weighted by molar-refractivity contribution is 0.0701. The Balaban J connectivity index is 3.07. The number of carbonyl (C=O) groups is 1. The fourth-order valence-electron chi connectivity index (χ4n) is 0.826. The first kappa shape index (κ1) is 8.74. The van der Waals surface area contributed by atoms with Crippen LogP contribution in [0.5, 0.6) is 0 Å². The van der Waals surface area contributed by atoms with Crippen LogP contribution in [0.4, 0.5) is 0 Å². The quantitative estimate of drug-likeness (QED) is 0.800. The van der Waals surface area contributed by atoms with Crippen molar-refractivity contribution in [1.29, 1.82) is 0 Å². The molecule has 60 valence electrons. The van der Waals surface area contributed by atoms with Crippen LogP contribution in [0, 0.1) is 6.92 Å². The second-order valence-corrected chi connectivity index (χ2v) is 3.86. The van der Waals surface area contributed by atoms with E-state index >= 15 is 0 Å². The molecule has 0 atom stereocenters. The van der Waals surface area contributed by atoms with Gasteiger partial charge in [0.15, 0.2) is 0 Å². The van der Waals surface area contributed by atoms with E-state index in [0.717, 1.165) is 15.8 Å². The van der Waals surface area contributed by atoms with E-state index in [0.29, 0.717) is 4.88 Å². The van der Waals surface area contributed by atoms with Crippen LogP contribution in [0.1, 0.15) is 20.1 Å². The molecule has 0 bridgehead atoms. The Morgan fingerprint density at radius 3 is 2.73 bits per heavy atom. The zero-order valence-corrected chi connectivity index (χ0v) is 8.33. The molecule has 0 fully saturated rings. The molecule has 4 heteroatoms. The van der Waals surface area contributed by atoms with E-state index in [4.69, 9.17) is 5.11 Å². The predicted molar refractivity (Wildman–Crippen MR) is 48.6 cm³/mol. The molecule has 0 aromatic carbocycles. The van der Waals surface area contributed by atoms with E-state index in [1.165, 1.54) is 11.3 Å². The van der Waals surface area contributed by atoms with Crippen molar-refractivity contribution in [2.45, 2.75) is 12.3 Å². The van der Waals surface area contributed by atoms with Gasteiger partial charge in [-0.3, -0.25) is 0 Å². The molecule has 0 aliphatic rings. The van der Waals surface area contributed by atoms with Crippen molar-refractivity contribution in [2.75, 3.05) is 0 Å². The minimum absolute atomic E-state index is 0.444. The second-order valence-electron chi connectivity index (χ2n) is 2.16. The van der Waals surface area contributed by atoms with Gasteiger partial charge in [0.2, 0.25) is 0 Å². The van der Waals surface area contributed by atoms with Crippen LogP contribution in [0.2, 0.25) is 0 Å². The molecule has 0 saturated carbocycles. The average molecular weight is 235 g/mol. The van der Waals surface area contributed by atoms with Gasteiger partial charge in [-0.1, -0.05) is 15.9 Å². The number of hydrogen-bond acceptors (Lipinski definition) is 2. The lowest BCUT2D eigenvalue weighted by Gasteiger charge is -1.86. The Morgan fingerprint density at radius 1 is 1.82 bits per heavy atom. The summed E-state index contributed by atoms with van der Waals surface area (Å²) < 4.78 is 0. The molecule has 0 unspecified atom stereocenters. The average Bonchev–Trinajstić information content (AvgIpc) is 2.30.